The fourth-order valence-electron chi connectivity index (χ4n) is 8.17. The number of fused-ring (bicyclic) bond motifs is 3. The molecular formula is C54H36. The molecule has 0 aromatic heterocycles. The maximum atomic E-state index is 2.39. The molecule has 0 heteroatoms. The van der Waals surface area contributed by atoms with Gasteiger partial charge in [-0.15, -0.1) is 0 Å². The number of benzene rings is 10. The molecule has 0 heterocycles. The fraction of sp³-hybridized carbons (Fsp3) is 0. The van der Waals surface area contributed by atoms with Gasteiger partial charge in [-0.05, 0) is 123 Å². The van der Waals surface area contributed by atoms with E-state index in [2.05, 4.69) is 218 Å². The lowest BCUT2D eigenvalue weighted by Crippen LogP contribution is -1.92. The van der Waals surface area contributed by atoms with Crippen LogP contribution in [-0.2, 0) is 0 Å². The molecule has 0 fully saturated rings. The average molecular weight is 685 g/mol. The van der Waals surface area contributed by atoms with Crippen LogP contribution in [0.3, 0.4) is 0 Å². The number of hydrogen-bond acceptors (Lipinski definition) is 0. The zero-order chi connectivity index (χ0) is 35.8. The normalized spacial score (nSPS) is 11.3. The topological polar surface area (TPSA) is 0 Å². The minimum atomic E-state index is 1.19. The highest BCUT2D eigenvalue weighted by Gasteiger charge is 2.18. The van der Waals surface area contributed by atoms with Gasteiger partial charge in [0, 0.05) is 0 Å². The lowest BCUT2D eigenvalue weighted by Gasteiger charge is -2.19. The molecule has 0 bridgehead atoms. The van der Waals surface area contributed by atoms with Gasteiger partial charge in [0.15, 0.2) is 0 Å². The van der Waals surface area contributed by atoms with Gasteiger partial charge in [0.2, 0.25) is 0 Å². The van der Waals surface area contributed by atoms with Crippen molar-refractivity contribution in [1.29, 1.82) is 0 Å². The first-order valence-electron chi connectivity index (χ1n) is 18.7. The van der Waals surface area contributed by atoms with Gasteiger partial charge < -0.3 is 0 Å². The highest BCUT2D eigenvalue weighted by atomic mass is 14.2. The van der Waals surface area contributed by atoms with Crippen LogP contribution in [0.5, 0.6) is 0 Å². The highest BCUT2D eigenvalue weighted by Crippen LogP contribution is 2.46. The monoisotopic (exact) mass is 684 g/mol. The molecular weight excluding hydrogens is 649 g/mol. The molecule has 0 radical (unpaired) electrons. The van der Waals surface area contributed by atoms with Crippen molar-refractivity contribution in [3.05, 3.63) is 218 Å². The van der Waals surface area contributed by atoms with Gasteiger partial charge in [-0.25, -0.2) is 0 Å². The minimum absolute atomic E-state index is 1.19. The molecule has 10 aromatic rings. The second kappa shape index (κ2) is 13.5. The second-order valence-corrected chi connectivity index (χ2v) is 14.1. The molecule has 0 spiro atoms. The molecule has 10 rings (SSSR count). The van der Waals surface area contributed by atoms with E-state index in [-0.39, 0.29) is 0 Å². The molecule has 0 amide bonds. The van der Waals surface area contributed by atoms with E-state index in [1.54, 1.807) is 0 Å². The van der Waals surface area contributed by atoms with Gasteiger partial charge in [-0.2, -0.15) is 0 Å². The van der Waals surface area contributed by atoms with Gasteiger partial charge in [-0.3, -0.25) is 0 Å². The summed E-state index contributed by atoms with van der Waals surface area (Å²) < 4.78 is 0. The van der Waals surface area contributed by atoms with Gasteiger partial charge in [0.05, 0.1) is 0 Å². The lowest BCUT2D eigenvalue weighted by molar-refractivity contribution is 1.56. The molecule has 0 unspecified atom stereocenters. The van der Waals surface area contributed by atoms with Gasteiger partial charge in [-0.1, -0.05) is 194 Å². The van der Waals surface area contributed by atoms with Crippen LogP contribution >= 0.6 is 0 Å². The van der Waals surface area contributed by atoms with Crippen molar-refractivity contribution in [2.24, 2.45) is 0 Å². The summed E-state index contributed by atoms with van der Waals surface area (Å²) in [4.78, 5) is 0. The van der Waals surface area contributed by atoms with Gasteiger partial charge in [0.1, 0.15) is 0 Å². The van der Waals surface area contributed by atoms with Crippen molar-refractivity contribution in [1.82, 2.24) is 0 Å². The van der Waals surface area contributed by atoms with E-state index in [4.69, 9.17) is 0 Å². The SMILES string of the molecule is c1ccc(-c2ccc(-c3cc(-c4ccc(-c5ccccc5)cc4)cc(-c4c5ccccc5c(-c5ccc6ccccc6c5)c5ccccc45)c3)cc2)cc1. The predicted molar refractivity (Wildman–Crippen MR) is 232 cm³/mol. The lowest BCUT2D eigenvalue weighted by atomic mass is 9.84. The summed E-state index contributed by atoms with van der Waals surface area (Å²) in [5.74, 6) is 0. The van der Waals surface area contributed by atoms with Crippen LogP contribution < -0.4 is 0 Å². The molecule has 0 aliphatic carbocycles. The Balaban J connectivity index is 1.20. The molecule has 10 aromatic carbocycles. The van der Waals surface area contributed by atoms with Crippen molar-refractivity contribution >= 4 is 32.3 Å². The van der Waals surface area contributed by atoms with E-state index in [0.29, 0.717) is 0 Å². The van der Waals surface area contributed by atoms with Crippen LogP contribution in [0.15, 0.2) is 218 Å². The summed E-state index contributed by atoms with van der Waals surface area (Å²) in [7, 11) is 0. The van der Waals surface area contributed by atoms with Crippen molar-refractivity contribution < 1.29 is 0 Å². The average Bonchev–Trinajstić information content (AvgIpc) is 3.26. The Morgan fingerprint density at radius 1 is 0.167 bits per heavy atom. The molecule has 0 aliphatic heterocycles. The minimum Gasteiger partial charge on any atom is -0.0622 e. The first-order valence-corrected chi connectivity index (χ1v) is 18.7. The van der Waals surface area contributed by atoms with Crippen LogP contribution in [0, 0.1) is 0 Å². The predicted octanol–water partition coefficient (Wildman–Crippen LogP) is 15.1. The molecule has 0 atom stereocenters. The molecule has 0 nitrogen and oxygen atoms in total. The quantitative estimate of drug-likeness (QED) is 0.153. The summed E-state index contributed by atoms with van der Waals surface area (Å²) >= 11 is 0. The Bertz CT molecular complexity index is 2780. The molecule has 252 valence electrons. The molecule has 0 N–H and O–H groups in total. The summed E-state index contributed by atoms with van der Waals surface area (Å²) in [6.45, 7) is 0. The Kier molecular flexibility index (Phi) is 7.93. The molecule has 54 heavy (non-hydrogen) atoms. The Hall–Kier alpha value is -7.02. The summed E-state index contributed by atoms with van der Waals surface area (Å²) in [6, 6.07) is 79.8. The second-order valence-electron chi connectivity index (χ2n) is 14.1. The zero-order valence-electron chi connectivity index (χ0n) is 29.8. The van der Waals surface area contributed by atoms with E-state index in [1.807, 2.05) is 0 Å². The molecule has 0 saturated carbocycles. The molecule has 0 aliphatic rings. The third kappa shape index (κ3) is 5.75. The number of rotatable bonds is 6. The summed E-state index contributed by atoms with van der Waals surface area (Å²) in [5.41, 5.74) is 14.6. The van der Waals surface area contributed by atoms with Crippen molar-refractivity contribution in [2.45, 2.75) is 0 Å². The van der Waals surface area contributed by atoms with Crippen LogP contribution in [0.1, 0.15) is 0 Å². The van der Waals surface area contributed by atoms with E-state index in [1.165, 1.54) is 99.1 Å². The summed E-state index contributed by atoms with van der Waals surface area (Å²) in [6.07, 6.45) is 0. The van der Waals surface area contributed by atoms with E-state index in [9.17, 15) is 0 Å². The van der Waals surface area contributed by atoms with E-state index >= 15 is 0 Å². The van der Waals surface area contributed by atoms with Crippen molar-refractivity contribution in [3.8, 4) is 66.8 Å². The van der Waals surface area contributed by atoms with Crippen LogP contribution in [0.4, 0.5) is 0 Å². The summed E-state index contributed by atoms with van der Waals surface area (Å²) in [5, 5.41) is 7.52. The first-order chi connectivity index (χ1) is 26.8. The maximum absolute atomic E-state index is 2.39. The largest absolute Gasteiger partial charge is 0.0622 e. The van der Waals surface area contributed by atoms with Gasteiger partial charge >= 0.3 is 0 Å². The van der Waals surface area contributed by atoms with Crippen LogP contribution in [-0.4, -0.2) is 0 Å². The van der Waals surface area contributed by atoms with Gasteiger partial charge in [0.25, 0.3) is 0 Å². The Morgan fingerprint density at radius 2 is 0.481 bits per heavy atom. The third-order valence-electron chi connectivity index (χ3n) is 10.8. The molecule has 0 saturated heterocycles. The Labute approximate surface area is 316 Å². The smallest absolute Gasteiger partial charge is 0.00259 e. The number of hydrogen-bond donors (Lipinski definition) is 0. The van der Waals surface area contributed by atoms with E-state index < -0.39 is 0 Å². The van der Waals surface area contributed by atoms with Crippen molar-refractivity contribution in [2.75, 3.05) is 0 Å². The standard InChI is InChI=1S/C54H36/c1-3-13-37(14-4-1)40-23-27-42(28-24-40)46-34-47(43-29-25-41(26-30-43)38-15-5-2-6-16-38)36-48(35-46)54-51-21-11-9-19-49(51)53(50-20-10-12-22-52(50)54)45-32-31-39-17-7-8-18-44(39)33-45/h1-36H. The first kappa shape index (κ1) is 31.7. The van der Waals surface area contributed by atoms with E-state index in [0.717, 1.165) is 0 Å². The van der Waals surface area contributed by atoms with Crippen molar-refractivity contribution in [3.63, 3.8) is 0 Å². The third-order valence-corrected chi connectivity index (χ3v) is 10.8. The highest BCUT2D eigenvalue weighted by molar-refractivity contribution is 6.22. The maximum Gasteiger partial charge on any atom is -0.00259 e. The van der Waals surface area contributed by atoms with Crippen LogP contribution in [0.2, 0.25) is 0 Å². The fourth-order valence-corrected chi connectivity index (χ4v) is 8.17. The zero-order valence-corrected chi connectivity index (χ0v) is 29.8. The van der Waals surface area contributed by atoms with Crippen LogP contribution in [0.25, 0.3) is 99.1 Å². The Morgan fingerprint density at radius 3 is 0.944 bits per heavy atom.